The van der Waals surface area contributed by atoms with Crippen molar-refractivity contribution in [2.45, 2.75) is 0 Å². The number of nitrogens with zero attached hydrogens (tertiary/aromatic N) is 2. The SMILES string of the molecule is O=C1CSC(=NN=Cc2cc(Cl)c(O)cc2F)N1. The maximum absolute atomic E-state index is 13.4. The first kappa shape index (κ1) is 12.8. The quantitative estimate of drug-likeness (QED) is 0.643. The van der Waals surface area contributed by atoms with E-state index in [9.17, 15) is 9.18 Å². The Kier molecular flexibility index (Phi) is 3.83. The number of amides is 1. The molecule has 18 heavy (non-hydrogen) atoms. The lowest BCUT2D eigenvalue weighted by molar-refractivity contribution is -0.116. The zero-order chi connectivity index (χ0) is 13.1. The first-order chi connectivity index (χ1) is 8.56. The van der Waals surface area contributed by atoms with Crippen LogP contribution in [-0.4, -0.2) is 28.1 Å². The molecule has 0 atom stereocenters. The van der Waals surface area contributed by atoms with Gasteiger partial charge in [-0.2, -0.15) is 5.10 Å². The molecule has 8 heteroatoms. The minimum Gasteiger partial charge on any atom is -0.506 e. The second-order valence-corrected chi connectivity index (χ2v) is 4.68. The number of benzene rings is 1. The Bertz CT molecular complexity index is 562. The van der Waals surface area contributed by atoms with Crippen LogP contribution in [0.2, 0.25) is 5.02 Å². The van der Waals surface area contributed by atoms with Gasteiger partial charge in [0.2, 0.25) is 5.91 Å². The fourth-order valence-corrected chi connectivity index (χ4v) is 1.98. The van der Waals surface area contributed by atoms with Gasteiger partial charge in [0.25, 0.3) is 0 Å². The van der Waals surface area contributed by atoms with E-state index in [-0.39, 0.29) is 22.2 Å². The van der Waals surface area contributed by atoms with Crippen LogP contribution in [0.3, 0.4) is 0 Å². The summed E-state index contributed by atoms with van der Waals surface area (Å²) >= 11 is 6.85. The van der Waals surface area contributed by atoms with Crippen LogP contribution in [0.5, 0.6) is 5.75 Å². The Balaban J connectivity index is 2.14. The Morgan fingerprint density at radius 3 is 3.00 bits per heavy atom. The summed E-state index contributed by atoms with van der Waals surface area (Å²) in [6.45, 7) is 0. The Labute approximate surface area is 111 Å². The van der Waals surface area contributed by atoms with Gasteiger partial charge in [0.1, 0.15) is 11.6 Å². The number of amidine groups is 1. The molecule has 1 heterocycles. The second kappa shape index (κ2) is 5.36. The van der Waals surface area contributed by atoms with E-state index in [1.165, 1.54) is 17.8 Å². The van der Waals surface area contributed by atoms with Gasteiger partial charge in [0.05, 0.1) is 17.0 Å². The standard InChI is InChI=1S/C10H7ClFN3O2S/c11-6-1-5(7(12)2-8(6)16)3-13-15-10-14-9(17)4-18-10/h1-3,16H,4H2,(H,14,15,17). The molecule has 0 saturated carbocycles. The van der Waals surface area contributed by atoms with E-state index in [1.807, 2.05) is 0 Å². The minimum atomic E-state index is -0.663. The van der Waals surface area contributed by atoms with Crippen molar-refractivity contribution in [3.05, 3.63) is 28.5 Å². The third-order valence-electron chi connectivity index (χ3n) is 2.00. The highest BCUT2D eigenvalue weighted by atomic mass is 35.5. The molecule has 94 valence electrons. The fraction of sp³-hybridized carbons (Fsp3) is 0.100. The summed E-state index contributed by atoms with van der Waals surface area (Å²) in [5, 5.41) is 19.4. The maximum Gasteiger partial charge on any atom is 0.236 e. The summed E-state index contributed by atoms with van der Waals surface area (Å²) in [4.78, 5) is 10.9. The molecule has 1 aromatic carbocycles. The first-order valence-corrected chi connectivity index (χ1v) is 6.14. The van der Waals surface area contributed by atoms with Crippen LogP contribution in [-0.2, 0) is 4.79 Å². The van der Waals surface area contributed by atoms with Crippen LogP contribution < -0.4 is 5.32 Å². The molecule has 2 rings (SSSR count). The van der Waals surface area contributed by atoms with E-state index in [2.05, 4.69) is 15.5 Å². The summed E-state index contributed by atoms with van der Waals surface area (Å²) in [5.74, 6) is -0.846. The molecule has 0 unspecified atom stereocenters. The lowest BCUT2D eigenvalue weighted by Crippen LogP contribution is -2.19. The molecule has 0 spiro atoms. The summed E-state index contributed by atoms with van der Waals surface area (Å²) in [6.07, 6.45) is 1.15. The van der Waals surface area contributed by atoms with Crippen molar-refractivity contribution >= 4 is 40.7 Å². The predicted octanol–water partition coefficient (Wildman–Crippen LogP) is 1.74. The van der Waals surface area contributed by atoms with E-state index in [1.54, 1.807) is 0 Å². The number of nitrogens with one attached hydrogen (secondary N) is 1. The summed E-state index contributed by atoms with van der Waals surface area (Å²) < 4.78 is 13.4. The predicted molar refractivity (Wildman–Crippen MR) is 68.7 cm³/mol. The van der Waals surface area contributed by atoms with Gasteiger partial charge in [-0.15, -0.1) is 5.10 Å². The van der Waals surface area contributed by atoms with Gasteiger partial charge in [0.15, 0.2) is 5.17 Å². The number of rotatable bonds is 2. The van der Waals surface area contributed by atoms with Crippen LogP contribution in [0.25, 0.3) is 0 Å². The van der Waals surface area contributed by atoms with Gasteiger partial charge < -0.3 is 10.4 Å². The molecular weight excluding hydrogens is 281 g/mol. The number of phenols is 1. The molecule has 0 bridgehead atoms. The highest BCUT2D eigenvalue weighted by Crippen LogP contribution is 2.25. The van der Waals surface area contributed by atoms with E-state index in [0.717, 1.165) is 12.3 Å². The first-order valence-electron chi connectivity index (χ1n) is 4.78. The third kappa shape index (κ3) is 2.99. The summed E-state index contributed by atoms with van der Waals surface area (Å²) in [7, 11) is 0. The monoisotopic (exact) mass is 287 g/mol. The van der Waals surface area contributed by atoms with E-state index >= 15 is 0 Å². The highest BCUT2D eigenvalue weighted by Gasteiger charge is 2.16. The zero-order valence-electron chi connectivity index (χ0n) is 8.85. The molecule has 0 radical (unpaired) electrons. The van der Waals surface area contributed by atoms with Crippen LogP contribution in [0.15, 0.2) is 22.3 Å². The van der Waals surface area contributed by atoms with E-state index < -0.39 is 5.82 Å². The lowest BCUT2D eigenvalue weighted by atomic mass is 10.2. The molecular formula is C10H7ClFN3O2S. The van der Waals surface area contributed by atoms with E-state index in [4.69, 9.17) is 16.7 Å². The average Bonchev–Trinajstić information content (AvgIpc) is 2.71. The topological polar surface area (TPSA) is 74.0 Å². The van der Waals surface area contributed by atoms with Gasteiger partial charge in [-0.25, -0.2) is 4.39 Å². The third-order valence-corrected chi connectivity index (χ3v) is 3.16. The van der Waals surface area contributed by atoms with Crippen molar-refractivity contribution in [2.75, 3.05) is 5.75 Å². The van der Waals surface area contributed by atoms with Crippen molar-refractivity contribution in [1.29, 1.82) is 0 Å². The fourth-order valence-electron chi connectivity index (χ4n) is 1.17. The molecule has 0 aliphatic carbocycles. The van der Waals surface area contributed by atoms with Crippen LogP contribution in [0.4, 0.5) is 4.39 Å². The van der Waals surface area contributed by atoms with Gasteiger partial charge in [-0.1, -0.05) is 23.4 Å². The molecule has 1 amide bonds. The number of hydrogen-bond donors (Lipinski definition) is 2. The number of carbonyl (C=O) groups is 1. The Hall–Kier alpha value is -1.60. The smallest absolute Gasteiger partial charge is 0.236 e. The van der Waals surface area contributed by atoms with Crippen LogP contribution in [0, 0.1) is 5.82 Å². The van der Waals surface area contributed by atoms with Gasteiger partial charge in [0, 0.05) is 11.6 Å². The molecule has 5 nitrogen and oxygen atoms in total. The van der Waals surface area contributed by atoms with Gasteiger partial charge in [-0.05, 0) is 6.07 Å². The minimum absolute atomic E-state index is 0.0223. The van der Waals surface area contributed by atoms with Gasteiger partial charge in [-0.3, -0.25) is 4.79 Å². The van der Waals surface area contributed by atoms with Crippen LogP contribution >= 0.6 is 23.4 Å². The number of hydrogen-bond acceptors (Lipinski definition) is 5. The zero-order valence-corrected chi connectivity index (χ0v) is 10.4. The van der Waals surface area contributed by atoms with Crippen molar-refractivity contribution < 1.29 is 14.3 Å². The van der Waals surface area contributed by atoms with Crippen LogP contribution in [0.1, 0.15) is 5.56 Å². The summed E-state index contributed by atoms with van der Waals surface area (Å²) in [5.41, 5.74) is 0.0940. The summed E-state index contributed by atoms with van der Waals surface area (Å²) in [6, 6.07) is 2.12. The number of phenolic OH excluding ortho intramolecular Hbond substituents is 1. The number of carbonyl (C=O) groups excluding carboxylic acids is 1. The van der Waals surface area contributed by atoms with E-state index in [0.29, 0.717) is 10.9 Å². The molecule has 1 fully saturated rings. The second-order valence-electron chi connectivity index (χ2n) is 3.31. The Morgan fingerprint density at radius 2 is 2.33 bits per heavy atom. The van der Waals surface area contributed by atoms with Crippen molar-refractivity contribution in [3.8, 4) is 5.75 Å². The largest absolute Gasteiger partial charge is 0.506 e. The van der Waals surface area contributed by atoms with Gasteiger partial charge >= 0.3 is 0 Å². The normalized spacial score (nSPS) is 17.7. The number of thioether (sulfide) groups is 1. The molecule has 1 aliphatic rings. The van der Waals surface area contributed by atoms with Crippen molar-refractivity contribution in [3.63, 3.8) is 0 Å². The molecule has 1 saturated heterocycles. The molecule has 0 aromatic heterocycles. The number of aromatic hydroxyl groups is 1. The molecule has 2 N–H and O–H groups in total. The Morgan fingerprint density at radius 1 is 1.56 bits per heavy atom. The average molecular weight is 288 g/mol. The van der Waals surface area contributed by atoms with Crippen molar-refractivity contribution in [1.82, 2.24) is 5.32 Å². The van der Waals surface area contributed by atoms with Crippen molar-refractivity contribution in [2.24, 2.45) is 10.2 Å². The molecule has 1 aliphatic heterocycles. The highest BCUT2D eigenvalue weighted by molar-refractivity contribution is 8.15. The lowest BCUT2D eigenvalue weighted by Gasteiger charge is -1.99. The number of halogens is 2. The maximum atomic E-state index is 13.4. The molecule has 1 aromatic rings.